The van der Waals surface area contributed by atoms with Crippen LogP contribution in [0.25, 0.3) is 22.4 Å². The topological polar surface area (TPSA) is 68.6 Å². The Morgan fingerprint density at radius 1 is 0.864 bits per heavy atom. The van der Waals surface area contributed by atoms with E-state index in [0.29, 0.717) is 36.2 Å². The van der Waals surface area contributed by atoms with Crippen LogP contribution in [0.2, 0.25) is 0 Å². The Labute approximate surface area is 265 Å². The summed E-state index contributed by atoms with van der Waals surface area (Å²) in [6.45, 7) is 13.8. The highest BCUT2D eigenvalue weighted by molar-refractivity contribution is 5.98. The van der Waals surface area contributed by atoms with Crippen molar-refractivity contribution in [2.24, 2.45) is 16.7 Å². The summed E-state index contributed by atoms with van der Waals surface area (Å²) in [6.07, 6.45) is 8.95. The molecule has 0 N–H and O–H groups in total. The van der Waals surface area contributed by atoms with E-state index in [9.17, 15) is 10.1 Å². The molecular formula is C39H51NO4. The molecule has 0 aliphatic rings. The molecule has 1 atom stereocenters. The molecule has 3 rings (SSSR count). The van der Waals surface area contributed by atoms with Crippen LogP contribution in [0.4, 0.5) is 0 Å². The summed E-state index contributed by atoms with van der Waals surface area (Å²) in [5, 5.41) is 12.2. The molecule has 236 valence electrons. The molecule has 0 radical (unpaired) electrons. The van der Waals surface area contributed by atoms with Crippen LogP contribution >= 0.6 is 0 Å². The maximum Gasteiger partial charge on any atom is 0.312 e. The van der Waals surface area contributed by atoms with Crippen molar-refractivity contribution in [2.75, 3.05) is 20.3 Å². The van der Waals surface area contributed by atoms with Gasteiger partial charge in [-0.3, -0.25) is 4.79 Å². The van der Waals surface area contributed by atoms with Gasteiger partial charge in [0.05, 0.1) is 37.4 Å². The first kappa shape index (κ1) is 34.7. The number of unbranched alkanes of at least 4 members (excludes halogenated alkanes) is 5. The predicted molar refractivity (Wildman–Crippen MR) is 182 cm³/mol. The average Bonchev–Trinajstić information content (AvgIpc) is 2.99. The number of ether oxygens (including phenoxy) is 3. The van der Waals surface area contributed by atoms with E-state index in [1.807, 2.05) is 48.5 Å². The average molecular weight is 598 g/mol. The second-order valence-corrected chi connectivity index (χ2v) is 13.4. The van der Waals surface area contributed by atoms with Crippen molar-refractivity contribution in [2.45, 2.75) is 86.5 Å². The van der Waals surface area contributed by atoms with Gasteiger partial charge in [-0.05, 0) is 83.7 Å². The fraction of sp³-hybridized carbons (Fsp3) is 0.487. The third-order valence-corrected chi connectivity index (χ3v) is 8.67. The van der Waals surface area contributed by atoms with Crippen molar-refractivity contribution in [1.82, 2.24) is 0 Å². The molecule has 0 heterocycles. The minimum atomic E-state index is -0.476. The molecule has 0 saturated carbocycles. The largest absolute Gasteiger partial charge is 0.493 e. The van der Waals surface area contributed by atoms with E-state index >= 15 is 0 Å². The van der Waals surface area contributed by atoms with Crippen LogP contribution in [0.1, 0.15) is 97.6 Å². The number of allylic oxidation sites excluding steroid dienone is 1. The van der Waals surface area contributed by atoms with Gasteiger partial charge in [0.2, 0.25) is 0 Å². The minimum absolute atomic E-state index is 0.0657. The van der Waals surface area contributed by atoms with Crippen LogP contribution in [-0.2, 0) is 9.53 Å². The van der Waals surface area contributed by atoms with Crippen LogP contribution in [0.5, 0.6) is 11.5 Å². The summed E-state index contributed by atoms with van der Waals surface area (Å²) in [5.41, 5.74) is 1.75. The molecule has 0 aliphatic carbocycles. The Hall–Kier alpha value is -3.78. The number of methoxy groups -OCH3 is 1. The zero-order valence-corrected chi connectivity index (χ0v) is 27.9. The summed E-state index contributed by atoms with van der Waals surface area (Å²) in [6, 6.07) is 22.3. The van der Waals surface area contributed by atoms with E-state index in [-0.39, 0.29) is 11.4 Å². The maximum atomic E-state index is 12.9. The predicted octanol–water partition coefficient (Wildman–Crippen LogP) is 10.3. The number of hydrogen-bond donors (Lipinski definition) is 0. The smallest absolute Gasteiger partial charge is 0.312 e. The number of esters is 1. The number of rotatable bonds is 16. The van der Waals surface area contributed by atoms with Gasteiger partial charge in [0.25, 0.3) is 0 Å². The lowest BCUT2D eigenvalue weighted by Crippen LogP contribution is -2.42. The second kappa shape index (κ2) is 16.3. The van der Waals surface area contributed by atoms with Crippen LogP contribution < -0.4 is 9.47 Å². The van der Waals surface area contributed by atoms with Gasteiger partial charge in [-0.1, -0.05) is 103 Å². The molecule has 0 spiro atoms. The van der Waals surface area contributed by atoms with E-state index in [1.165, 1.54) is 0 Å². The first-order valence-electron chi connectivity index (χ1n) is 16.1. The Kier molecular flexibility index (Phi) is 12.9. The molecule has 5 heteroatoms. The molecule has 0 aromatic heterocycles. The normalized spacial score (nSPS) is 13.4. The molecule has 0 saturated heterocycles. The fourth-order valence-electron chi connectivity index (χ4n) is 5.60. The monoisotopic (exact) mass is 597 g/mol. The molecule has 0 aliphatic heterocycles. The van der Waals surface area contributed by atoms with Gasteiger partial charge in [0.15, 0.2) is 11.5 Å². The Bertz CT molecular complexity index is 1440. The van der Waals surface area contributed by atoms with Gasteiger partial charge >= 0.3 is 5.97 Å². The lowest BCUT2D eigenvalue weighted by atomic mass is 9.64. The Morgan fingerprint density at radius 3 is 2.18 bits per heavy atom. The SMILES string of the molecule is COc1cc(/C(C#N)=C/c2cccc3ccccc23)ccc1OCCCCCCCCOC(=O)C(C)(CC(C)C)C(C)(C)C. The van der Waals surface area contributed by atoms with Crippen LogP contribution in [0.3, 0.4) is 0 Å². The Morgan fingerprint density at radius 2 is 1.52 bits per heavy atom. The summed E-state index contributed by atoms with van der Waals surface area (Å²) in [5.74, 6) is 1.67. The quantitative estimate of drug-likeness (QED) is 0.0711. The highest BCUT2D eigenvalue weighted by Gasteiger charge is 2.45. The molecule has 0 bridgehead atoms. The van der Waals surface area contributed by atoms with Crippen molar-refractivity contribution in [1.29, 1.82) is 5.26 Å². The third kappa shape index (κ3) is 9.36. The fourth-order valence-corrected chi connectivity index (χ4v) is 5.60. The molecule has 5 nitrogen and oxygen atoms in total. The van der Waals surface area contributed by atoms with Crippen molar-refractivity contribution in [3.8, 4) is 17.6 Å². The second-order valence-electron chi connectivity index (χ2n) is 13.4. The summed E-state index contributed by atoms with van der Waals surface area (Å²) in [4.78, 5) is 12.9. The van der Waals surface area contributed by atoms with E-state index in [4.69, 9.17) is 14.2 Å². The van der Waals surface area contributed by atoms with Gasteiger partial charge in [-0.25, -0.2) is 0 Å². The molecule has 3 aromatic rings. The van der Waals surface area contributed by atoms with Crippen molar-refractivity contribution < 1.29 is 19.0 Å². The first-order chi connectivity index (χ1) is 21.0. The van der Waals surface area contributed by atoms with Crippen LogP contribution in [0, 0.1) is 28.1 Å². The van der Waals surface area contributed by atoms with Gasteiger partial charge < -0.3 is 14.2 Å². The van der Waals surface area contributed by atoms with Crippen LogP contribution in [0.15, 0.2) is 60.7 Å². The van der Waals surface area contributed by atoms with Crippen molar-refractivity contribution in [3.63, 3.8) is 0 Å². The van der Waals surface area contributed by atoms with Gasteiger partial charge in [0, 0.05) is 0 Å². The van der Waals surface area contributed by atoms with Gasteiger partial charge in [-0.2, -0.15) is 5.26 Å². The number of carbonyl (C=O) groups excluding carboxylic acids is 1. The molecule has 44 heavy (non-hydrogen) atoms. The van der Waals surface area contributed by atoms with E-state index in [2.05, 4.69) is 65.8 Å². The zero-order chi connectivity index (χ0) is 32.2. The molecule has 1 unspecified atom stereocenters. The van der Waals surface area contributed by atoms with Crippen LogP contribution in [-0.4, -0.2) is 26.3 Å². The summed E-state index contributed by atoms with van der Waals surface area (Å²) >= 11 is 0. The van der Waals surface area contributed by atoms with Gasteiger partial charge in [0.1, 0.15) is 0 Å². The van der Waals surface area contributed by atoms with Gasteiger partial charge in [-0.15, -0.1) is 0 Å². The molecular weight excluding hydrogens is 546 g/mol. The number of hydrogen-bond acceptors (Lipinski definition) is 5. The minimum Gasteiger partial charge on any atom is -0.493 e. The number of nitrogens with zero attached hydrogens (tertiary/aromatic N) is 1. The number of benzene rings is 3. The van der Waals surface area contributed by atoms with Crippen molar-refractivity contribution in [3.05, 3.63) is 71.8 Å². The standard InChI is InChI=1S/C39H51NO4/c1-29(2)27-39(6,38(3,4)5)37(41)44-24-15-11-9-8-10-14-23-43-35-22-21-31(26-36(35)42-7)33(28-40)25-32-19-16-18-30-17-12-13-20-34(30)32/h12-13,16-22,25-26,29H,8-11,14-15,23-24,27H2,1-7H3/b33-25+. The third-order valence-electron chi connectivity index (χ3n) is 8.67. The molecule has 0 amide bonds. The lowest BCUT2D eigenvalue weighted by Gasteiger charge is -2.40. The molecule has 3 aromatic carbocycles. The zero-order valence-electron chi connectivity index (χ0n) is 27.9. The first-order valence-corrected chi connectivity index (χ1v) is 16.1. The number of fused-ring (bicyclic) bond motifs is 1. The summed E-state index contributed by atoms with van der Waals surface area (Å²) < 4.78 is 17.4. The summed E-state index contributed by atoms with van der Waals surface area (Å²) in [7, 11) is 1.62. The highest BCUT2D eigenvalue weighted by atomic mass is 16.5. The lowest BCUT2D eigenvalue weighted by molar-refractivity contribution is -0.163. The highest BCUT2D eigenvalue weighted by Crippen LogP contribution is 2.44. The van der Waals surface area contributed by atoms with Crippen molar-refractivity contribution >= 4 is 28.4 Å². The number of carbonyl (C=O) groups is 1. The Balaban J connectivity index is 1.42. The van der Waals surface area contributed by atoms with E-state index in [1.54, 1.807) is 7.11 Å². The molecule has 0 fully saturated rings. The van der Waals surface area contributed by atoms with E-state index < -0.39 is 5.41 Å². The maximum absolute atomic E-state index is 12.9. The number of nitriles is 1. The van der Waals surface area contributed by atoms with E-state index in [0.717, 1.165) is 66.8 Å².